The SMILES string of the molecule is CC(=O)N1CCc2cc(NC(=O)[C@H]3C[C@H]3C)ccc21. The second-order valence-corrected chi connectivity index (χ2v) is 5.57. The highest BCUT2D eigenvalue weighted by molar-refractivity contribution is 5.96. The quantitative estimate of drug-likeness (QED) is 0.884. The Morgan fingerprint density at radius 2 is 2.11 bits per heavy atom. The first-order valence-electron chi connectivity index (χ1n) is 6.78. The van der Waals surface area contributed by atoms with Gasteiger partial charge in [-0.15, -0.1) is 0 Å². The van der Waals surface area contributed by atoms with Gasteiger partial charge < -0.3 is 10.2 Å². The zero-order valence-corrected chi connectivity index (χ0v) is 11.3. The van der Waals surface area contributed by atoms with Crippen molar-refractivity contribution in [2.45, 2.75) is 26.7 Å². The fourth-order valence-electron chi connectivity index (χ4n) is 2.73. The predicted octanol–water partition coefficient (Wildman–Crippen LogP) is 2.19. The van der Waals surface area contributed by atoms with Gasteiger partial charge in [-0.2, -0.15) is 0 Å². The van der Waals surface area contributed by atoms with Gasteiger partial charge in [-0.05, 0) is 42.5 Å². The Balaban J connectivity index is 1.76. The minimum atomic E-state index is 0.0716. The van der Waals surface area contributed by atoms with Crippen molar-refractivity contribution in [1.82, 2.24) is 0 Å². The molecule has 19 heavy (non-hydrogen) atoms. The number of hydrogen-bond acceptors (Lipinski definition) is 2. The van der Waals surface area contributed by atoms with E-state index in [-0.39, 0.29) is 17.7 Å². The fourth-order valence-corrected chi connectivity index (χ4v) is 2.73. The molecule has 3 rings (SSSR count). The standard InChI is InChI=1S/C15H18N2O2/c1-9-7-13(9)15(19)16-12-3-4-14-11(8-12)5-6-17(14)10(2)18/h3-4,8-9,13H,5-7H2,1-2H3,(H,16,19)/t9-,13+/m1/s1. The number of fused-ring (bicyclic) bond motifs is 1. The number of benzene rings is 1. The third-order valence-corrected chi connectivity index (χ3v) is 4.07. The van der Waals surface area contributed by atoms with E-state index >= 15 is 0 Å². The Bertz CT molecular complexity index is 553. The van der Waals surface area contributed by atoms with Crippen LogP contribution in [0.5, 0.6) is 0 Å². The van der Waals surface area contributed by atoms with E-state index in [0.717, 1.165) is 36.3 Å². The molecule has 0 aromatic heterocycles. The summed E-state index contributed by atoms with van der Waals surface area (Å²) in [5.41, 5.74) is 2.95. The molecule has 0 spiro atoms. The van der Waals surface area contributed by atoms with Crippen LogP contribution >= 0.6 is 0 Å². The summed E-state index contributed by atoms with van der Waals surface area (Å²) in [7, 11) is 0. The Kier molecular flexibility index (Phi) is 2.81. The largest absolute Gasteiger partial charge is 0.326 e. The number of carbonyl (C=O) groups is 2. The summed E-state index contributed by atoms with van der Waals surface area (Å²) in [5, 5.41) is 2.97. The molecule has 0 unspecified atom stereocenters. The van der Waals surface area contributed by atoms with Gasteiger partial charge in [0, 0.05) is 30.8 Å². The van der Waals surface area contributed by atoms with Gasteiger partial charge in [0.25, 0.3) is 0 Å². The van der Waals surface area contributed by atoms with Crippen LogP contribution in [0, 0.1) is 11.8 Å². The molecular formula is C15H18N2O2. The maximum Gasteiger partial charge on any atom is 0.227 e. The number of anilines is 2. The van der Waals surface area contributed by atoms with Crippen LogP contribution in [0.3, 0.4) is 0 Å². The third kappa shape index (κ3) is 2.23. The molecule has 1 aliphatic heterocycles. The first-order valence-corrected chi connectivity index (χ1v) is 6.78. The molecule has 2 aliphatic rings. The van der Waals surface area contributed by atoms with Crippen LogP contribution in [0.1, 0.15) is 25.8 Å². The molecule has 100 valence electrons. The summed E-state index contributed by atoms with van der Waals surface area (Å²) in [5.74, 6) is 0.890. The highest BCUT2D eigenvalue weighted by Gasteiger charge is 2.39. The summed E-state index contributed by atoms with van der Waals surface area (Å²) < 4.78 is 0. The van der Waals surface area contributed by atoms with Crippen molar-refractivity contribution in [3.8, 4) is 0 Å². The van der Waals surface area contributed by atoms with Gasteiger partial charge in [-0.25, -0.2) is 0 Å². The topological polar surface area (TPSA) is 49.4 Å². The lowest BCUT2D eigenvalue weighted by Gasteiger charge is -2.15. The Morgan fingerprint density at radius 3 is 2.74 bits per heavy atom. The molecule has 2 amide bonds. The van der Waals surface area contributed by atoms with Crippen molar-refractivity contribution in [3.05, 3.63) is 23.8 Å². The van der Waals surface area contributed by atoms with E-state index in [1.807, 2.05) is 18.2 Å². The van der Waals surface area contributed by atoms with Gasteiger partial charge in [0.2, 0.25) is 11.8 Å². The Hall–Kier alpha value is -1.84. The molecule has 4 heteroatoms. The monoisotopic (exact) mass is 258 g/mol. The Labute approximate surface area is 112 Å². The average Bonchev–Trinajstić information content (AvgIpc) is 2.95. The number of nitrogens with one attached hydrogen (secondary N) is 1. The highest BCUT2D eigenvalue weighted by atomic mass is 16.2. The van der Waals surface area contributed by atoms with Crippen molar-refractivity contribution in [3.63, 3.8) is 0 Å². The van der Waals surface area contributed by atoms with Gasteiger partial charge >= 0.3 is 0 Å². The molecule has 4 nitrogen and oxygen atoms in total. The number of nitrogens with zero attached hydrogens (tertiary/aromatic N) is 1. The van der Waals surface area contributed by atoms with Gasteiger partial charge in [-0.1, -0.05) is 6.92 Å². The lowest BCUT2D eigenvalue weighted by atomic mass is 10.1. The van der Waals surface area contributed by atoms with Crippen molar-refractivity contribution in [2.24, 2.45) is 11.8 Å². The summed E-state index contributed by atoms with van der Waals surface area (Å²) >= 11 is 0. The molecule has 2 atom stereocenters. The fraction of sp³-hybridized carbons (Fsp3) is 0.467. The second-order valence-electron chi connectivity index (χ2n) is 5.57. The normalized spacial score (nSPS) is 24.0. The molecule has 1 aliphatic carbocycles. The van der Waals surface area contributed by atoms with Crippen molar-refractivity contribution < 1.29 is 9.59 Å². The van der Waals surface area contributed by atoms with Gasteiger partial charge in [0.15, 0.2) is 0 Å². The number of carbonyl (C=O) groups excluding carboxylic acids is 2. The van der Waals surface area contributed by atoms with Crippen LogP contribution in [0.25, 0.3) is 0 Å². The number of hydrogen-bond donors (Lipinski definition) is 1. The Morgan fingerprint density at radius 1 is 1.37 bits per heavy atom. The maximum absolute atomic E-state index is 11.9. The lowest BCUT2D eigenvalue weighted by Crippen LogP contribution is -2.25. The zero-order valence-electron chi connectivity index (χ0n) is 11.3. The zero-order chi connectivity index (χ0) is 13.6. The summed E-state index contributed by atoms with van der Waals surface area (Å²) in [6, 6.07) is 5.80. The van der Waals surface area contributed by atoms with Crippen molar-refractivity contribution in [1.29, 1.82) is 0 Å². The summed E-state index contributed by atoms with van der Waals surface area (Å²) in [4.78, 5) is 25.1. The molecule has 1 aromatic rings. The average molecular weight is 258 g/mol. The minimum Gasteiger partial charge on any atom is -0.326 e. The van der Waals surface area contributed by atoms with Crippen molar-refractivity contribution in [2.75, 3.05) is 16.8 Å². The van der Waals surface area contributed by atoms with Crippen LogP contribution in [-0.4, -0.2) is 18.4 Å². The molecule has 1 saturated carbocycles. The van der Waals surface area contributed by atoms with E-state index in [0.29, 0.717) is 5.92 Å². The third-order valence-electron chi connectivity index (χ3n) is 4.07. The highest BCUT2D eigenvalue weighted by Crippen LogP contribution is 2.39. The van der Waals surface area contributed by atoms with Gasteiger partial charge in [-0.3, -0.25) is 9.59 Å². The lowest BCUT2D eigenvalue weighted by molar-refractivity contribution is -0.118. The van der Waals surface area contributed by atoms with Crippen LogP contribution < -0.4 is 10.2 Å². The molecule has 1 heterocycles. The molecule has 0 bridgehead atoms. The second kappa shape index (κ2) is 4.37. The number of amides is 2. The van der Waals surface area contributed by atoms with E-state index in [1.165, 1.54) is 0 Å². The van der Waals surface area contributed by atoms with Crippen LogP contribution in [0.15, 0.2) is 18.2 Å². The molecular weight excluding hydrogens is 240 g/mol. The van der Waals surface area contributed by atoms with Gasteiger partial charge in [0.1, 0.15) is 0 Å². The maximum atomic E-state index is 11.9. The van der Waals surface area contributed by atoms with Gasteiger partial charge in [0.05, 0.1) is 0 Å². The van der Waals surface area contributed by atoms with Crippen molar-refractivity contribution >= 4 is 23.2 Å². The molecule has 0 radical (unpaired) electrons. The molecule has 0 saturated heterocycles. The van der Waals surface area contributed by atoms with Crippen LogP contribution in [0.4, 0.5) is 11.4 Å². The van der Waals surface area contributed by atoms with Crippen LogP contribution in [0.2, 0.25) is 0 Å². The minimum absolute atomic E-state index is 0.0716. The first-order chi connectivity index (χ1) is 9.06. The summed E-state index contributed by atoms with van der Waals surface area (Å²) in [6.45, 7) is 4.42. The number of rotatable bonds is 2. The van der Waals surface area contributed by atoms with E-state index in [4.69, 9.17) is 0 Å². The summed E-state index contributed by atoms with van der Waals surface area (Å²) in [6.07, 6.45) is 1.85. The van der Waals surface area contributed by atoms with Crippen LogP contribution in [-0.2, 0) is 16.0 Å². The molecule has 1 fully saturated rings. The smallest absolute Gasteiger partial charge is 0.227 e. The first kappa shape index (κ1) is 12.2. The molecule has 1 N–H and O–H groups in total. The van der Waals surface area contributed by atoms with E-state index < -0.39 is 0 Å². The molecule has 1 aromatic carbocycles. The van der Waals surface area contributed by atoms with E-state index in [9.17, 15) is 9.59 Å². The predicted molar refractivity (Wildman–Crippen MR) is 74.1 cm³/mol. The van der Waals surface area contributed by atoms with E-state index in [1.54, 1.807) is 11.8 Å². The van der Waals surface area contributed by atoms with E-state index in [2.05, 4.69) is 12.2 Å².